The summed E-state index contributed by atoms with van der Waals surface area (Å²) >= 11 is 8.47. The molecule has 2 rings (SSSR count). The first-order valence-electron chi connectivity index (χ1n) is 6.00. The van der Waals surface area contributed by atoms with Gasteiger partial charge in [0.1, 0.15) is 10.6 Å². The zero-order valence-electron chi connectivity index (χ0n) is 11.3. The van der Waals surface area contributed by atoms with Gasteiger partial charge in [-0.15, -0.1) is 0 Å². The lowest BCUT2D eigenvalue weighted by Gasteiger charge is -2.43. The maximum absolute atomic E-state index is 14.1. The molecule has 7 heteroatoms. The summed E-state index contributed by atoms with van der Waals surface area (Å²) in [5.41, 5.74) is -0.785. The van der Waals surface area contributed by atoms with Crippen LogP contribution < -0.4 is 5.32 Å². The van der Waals surface area contributed by atoms with Crippen LogP contribution in [0.4, 0.5) is 4.39 Å². The first-order valence-corrected chi connectivity index (χ1v) is 8.85. The van der Waals surface area contributed by atoms with Gasteiger partial charge in [0.15, 0.2) is 9.84 Å². The van der Waals surface area contributed by atoms with E-state index in [4.69, 9.17) is 12.2 Å². The Balaban J connectivity index is 2.58. The van der Waals surface area contributed by atoms with Gasteiger partial charge in [-0.25, -0.2) is 12.8 Å². The van der Waals surface area contributed by atoms with Crippen LogP contribution in [-0.2, 0) is 15.4 Å². The average Bonchev–Trinajstić information content (AvgIpc) is 2.29. The number of sulfone groups is 1. The molecule has 1 saturated heterocycles. The second kappa shape index (κ2) is 4.74. The third-order valence-corrected chi connectivity index (χ3v) is 7.67. The van der Waals surface area contributed by atoms with Gasteiger partial charge in [-0.05, 0) is 39.0 Å². The van der Waals surface area contributed by atoms with Crippen LogP contribution in [0.15, 0.2) is 22.7 Å². The van der Waals surface area contributed by atoms with E-state index < -0.39 is 25.9 Å². The largest absolute Gasteiger partial charge is 0.368 e. The SMILES string of the molecule is CC1(C)C(=S)N[C@](C)(c2cc(Br)ccc2F)CS1(=O)=O. The molecule has 0 bridgehead atoms. The lowest BCUT2D eigenvalue weighted by Crippen LogP contribution is -2.63. The Labute approximate surface area is 132 Å². The lowest BCUT2D eigenvalue weighted by molar-refractivity contribution is 0.427. The molecule has 1 N–H and O–H groups in total. The summed E-state index contributed by atoms with van der Waals surface area (Å²) in [6.45, 7) is 4.78. The van der Waals surface area contributed by atoms with E-state index in [-0.39, 0.29) is 16.3 Å². The van der Waals surface area contributed by atoms with Gasteiger partial charge in [-0.2, -0.15) is 0 Å². The minimum Gasteiger partial charge on any atom is -0.368 e. The van der Waals surface area contributed by atoms with Crippen molar-refractivity contribution in [2.45, 2.75) is 31.1 Å². The molecule has 0 radical (unpaired) electrons. The Morgan fingerprint density at radius 2 is 1.95 bits per heavy atom. The predicted octanol–water partition coefficient (Wildman–Crippen LogP) is 2.93. The molecule has 0 aliphatic carbocycles. The second-order valence-electron chi connectivity index (χ2n) is 5.68. The van der Waals surface area contributed by atoms with Crippen molar-refractivity contribution in [1.29, 1.82) is 0 Å². The Kier molecular flexibility index (Phi) is 3.76. The monoisotopic (exact) mass is 379 g/mol. The second-order valence-corrected chi connectivity index (χ2v) is 9.54. The third kappa shape index (κ3) is 2.40. The highest BCUT2D eigenvalue weighted by atomic mass is 79.9. The summed E-state index contributed by atoms with van der Waals surface area (Å²) in [6, 6.07) is 4.46. The molecule has 3 nitrogen and oxygen atoms in total. The van der Waals surface area contributed by atoms with Crippen molar-refractivity contribution in [3.8, 4) is 0 Å². The molecular formula is C13H15BrFNO2S2. The van der Waals surface area contributed by atoms with Gasteiger partial charge in [0, 0.05) is 10.0 Å². The number of nitrogens with one attached hydrogen (secondary N) is 1. The molecule has 0 amide bonds. The van der Waals surface area contributed by atoms with E-state index >= 15 is 0 Å². The standard InChI is InChI=1S/C13H15BrFNO2S2/c1-12(2)11(19)16-13(3,7-20(12,17)18)9-6-8(14)4-5-10(9)15/h4-6H,7H2,1-3H3,(H,16,19)/t13-/m0/s1. The summed E-state index contributed by atoms with van der Waals surface area (Å²) in [4.78, 5) is 0.214. The molecule has 0 spiro atoms. The Morgan fingerprint density at radius 3 is 2.50 bits per heavy atom. The van der Waals surface area contributed by atoms with E-state index in [1.54, 1.807) is 32.9 Å². The Bertz CT molecular complexity index is 688. The molecule has 1 heterocycles. The predicted molar refractivity (Wildman–Crippen MR) is 85.1 cm³/mol. The zero-order valence-corrected chi connectivity index (χ0v) is 14.5. The molecule has 1 aliphatic heterocycles. The van der Waals surface area contributed by atoms with Crippen molar-refractivity contribution < 1.29 is 12.8 Å². The topological polar surface area (TPSA) is 46.2 Å². The first-order chi connectivity index (χ1) is 8.99. The number of hydrogen-bond acceptors (Lipinski definition) is 3. The zero-order chi connectivity index (χ0) is 15.3. The maximum Gasteiger partial charge on any atom is 0.164 e. The van der Waals surface area contributed by atoms with Crippen molar-refractivity contribution in [2.75, 3.05) is 5.75 Å². The fourth-order valence-electron chi connectivity index (χ4n) is 2.20. The van der Waals surface area contributed by atoms with Crippen LogP contribution in [0.3, 0.4) is 0 Å². The molecule has 1 aromatic carbocycles. The summed E-state index contributed by atoms with van der Waals surface area (Å²) in [5.74, 6) is -0.665. The van der Waals surface area contributed by atoms with Gasteiger partial charge in [-0.1, -0.05) is 28.1 Å². The smallest absolute Gasteiger partial charge is 0.164 e. The van der Waals surface area contributed by atoms with Gasteiger partial charge in [0.2, 0.25) is 0 Å². The van der Waals surface area contributed by atoms with E-state index in [1.165, 1.54) is 6.07 Å². The molecule has 1 aromatic rings. The minimum absolute atomic E-state index is 0.208. The van der Waals surface area contributed by atoms with Crippen LogP contribution in [-0.4, -0.2) is 23.9 Å². The van der Waals surface area contributed by atoms with Crippen molar-refractivity contribution in [2.24, 2.45) is 0 Å². The van der Waals surface area contributed by atoms with Crippen molar-refractivity contribution in [3.63, 3.8) is 0 Å². The molecule has 1 fully saturated rings. The molecular weight excluding hydrogens is 365 g/mol. The summed E-state index contributed by atoms with van der Waals surface area (Å²) in [5, 5.41) is 3.01. The summed E-state index contributed by atoms with van der Waals surface area (Å²) in [7, 11) is -3.48. The van der Waals surface area contributed by atoms with E-state index in [0.717, 1.165) is 0 Å². The summed E-state index contributed by atoms with van der Waals surface area (Å²) in [6.07, 6.45) is 0. The maximum atomic E-state index is 14.1. The Morgan fingerprint density at radius 1 is 1.35 bits per heavy atom. The number of benzene rings is 1. The first kappa shape index (κ1) is 15.9. The fourth-order valence-corrected chi connectivity index (χ4v) is 4.85. The normalized spacial score (nSPS) is 27.9. The number of halogens is 2. The molecule has 1 atom stereocenters. The van der Waals surface area contributed by atoms with Gasteiger partial charge >= 0.3 is 0 Å². The number of hydrogen-bond donors (Lipinski definition) is 1. The van der Waals surface area contributed by atoms with Crippen LogP contribution in [0, 0.1) is 5.82 Å². The van der Waals surface area contributed by atoms with Crippen LogP contribution >= 0.6 is 28.1 Å². The molecule has 20 heavy (non-hydrogen) atoms. The molecule has 0 unspecified atom stereocenters. The number of thiocarbonyl (C=S) groups is 1. The van der Waals surface area contributed by atoms with E-state index in [2.05, 4.69) is 21.2 Å². The Hall–Kier alpha value is -0.530. The van der Waals surface area contributed by atoms with Crippen LogP contribution in [0.5, 0.6) is 0 Å². The quantitative estimate of drug-likeness (QED) is 0.762. The average molecular weight is 380 g/mol. The van der Waals surface area contributed by atoms with Gasteiger partial charge in [0.05, 0.1) is 16.3 Å². The van der Waals surface area contributed by atoms with E-state index in [9.17, 15) is 12.8 Å². The van der Waals surface area contributed by atoms with Gasteiger partial charge in [-0.3, -0.25) is 0 Å². The molecule has 1 aliphatic rings. The highest BCUT2D eigenvalue weighted by molar-refractivity contribution is 9.10. The van der Waals surface area contributed by atoms with Gasteiger partial charge < -0.3 is 5.32 Å². The fraction of sp³-hybridized carbons (Fsp3) is 0.462. The highest BCUT2D eigenvalue weighted by Gasteiger charge is 2.50. The van der Waals surface area contributed by atoms with Crippen LogP contribution in [0.1, 0.15) is 26.3 Å². The van der Waals surface area contributed by atoms with Crippen molar-refractivity contribution in [3.05, 3.63) is 34.1 Å². The van der Waals surface area contributed by atoms with Crippen molar-refractivity contribution in [1.82, 2.24) is 5.32 Å². The lowest BCUT2D eigenvalue weighted by atomic mass is 9.92. The van der Waals surface area contributed by atoms with Gasteiger partial charge in [0.25, 0.3) is 0 Å². The van der Waals surface area contributed by atoms with Crippen LogP contribution in [0.2, 0.25) is 0 Å². The highest BCUT2D eigenvalue weighted by Crippen LogP contribution is 2.36. The third-order valence-electron chi connectivity index (χ3n) is 3.72. The van der Waals surface area contributed by atoms with E-state index in [1.807, 2.05) is 0 Å². The minimum atomic E-state index is -3.48. The van der Waals surface area contributed by atoms with Crippen LogP contribution in [0.25, 0.3) is 0 Å². The summed E-state index contributed by atoms with van der Waals surface area (Å²) < 4.78 is 38.5. The van der Waals surface area contributed by atoms with Crippen molar-refractivity contribution >= 4 is 43.0 Å². The molecule has 110 valence electrons. The van der Waals surface area contributed by atoms with E-state index in [0.29, 0.717) is 4.47 Å². The molecule has 0 saturated carbocycles. The molecule has 0 aromatic heterocycles. The number of rotatable bonds is 1.